The number of para-hydroxylation sites is 1. The number of anilines is 2. The number of nitrogens with zero attached hydrogens (tertiary/aromatic N) is 5. The van der Waals surface area contributed by atoms with Crippen molar-refractivity contribution in [3.8, 4) is 16.9 Å². The number of hydrogen-bond donors (Lipinski definition) is 4. The van der Waals surface area contributed by atoms with Crippen molar-refractivity contribution in [3.05, 3.63) is 111 Å². The molecule has 0 atom stereocenters. The zero-order chi connectivity index (χ0) is 37.3. The molecule has 1 amide bonds. The van der Waals surface area contributed by atoms with Crippen molar-refractivity contribution >= 4 is 55.3 Å². The second-order valence-corrected chi connectivity index (χ2v) is 13.3. The molecular formula is C33H32F2N8O6S2. The molecule has 0 saturated heterocycles. The lowest BCUT2D eigenvalue weighted by molar-refractivity contribution is -0.115. The Bertz CT molecular complexity index is 2310. The highest BCUT2D eigenvalue weighted by molar-refractivity contribution is 7.85. The van der Waals surface area contributed by atoms with Crippen molar-refractivity contribution in [1.82, 2.24) is 29.5 Å². The molecule has 18 heteroatoms. The van der Waals surface area contributed by atoms with Gasteiger partial charge in [0.25, 0.3) is 21.6 Å². The van der Waals surface area contributed by atoms with E-state index in [9.17, 15) is 31.6 Å². The third-order valence-corrected chi connectivity index (χ3v) is 8.07. The topological polar surface area (TPSA) is 202 Å². The van der Waals surface area contributed by atoms with Crippen LogP contribution in [-0.2, 0) is 21.5 Å². The first-order valence-corrected chi connectivity index (χ1v) is 17.5. The Kier molecular flexibility index (Phi) is 12.5. The van der Waals surface area contributed by atoms with Crippen molar-refractivity contribution in [2.45, 2.75) is 34.2 Å². The first-order valence-electron chi connectivity index (χ1n) is 15.0. The summed E-state index contributed by atoms with van der Waals surface area (Å²) in [6, 6.07) is 11.1. The van der Waals surface area contributed by atoms with Crippen LogP contribution in [0.1, 0.15) is 42.5 Å². The van der Waals surface area contributed by atoms with Crippen LogP contribution in [-0.4, -0.2) is 59.9 Å². The van der Waals surface area contributed by atoms with E-state index in [-0.39, 0.29) is 35.6 Å². The van der Waals surface area contributed by atoms with Crippen molar-refractivity contribution in [2.24, 2.45) is 0 Å². The van der Waals surface area contributed by atoms with Crippen LogP contribution in [0.5, 0.6) is 0 Å². The van der Waals surface area contributed by atoms with E-state index < -0.39 is 33.0 Å². The van der Waals surface area contributed by atoms with Crippen molar-refractivity contribution in [1.29, 1.82) is 0 Å². The monoisotopic (exact) mass is 738 g/mol. The molecule has 2 aromatic carbocycles. The Labute approximate surface area is 294 Å². The summed E-state index contributed by atoms with van der Waals surface area (Å²) >= 11 is 1.29. The smallest absolute Gasteiger partial charge is 0.264 e. The molecule has 4 heterocycles. The molecule has 4 aromatic heterocycles. The van der Waals surface area contributed by atoms with Gasteiger partial charge in [0, 0.05) is 46.6 Å². The summed E-state index contributed by atoms with van der Waals surface area (Å²) in [5, 5.41) is 8.36. The molecule has 0 radical (unpaired) electrons. The highest BCUT2D eigenvalue weighted by Gasteiger charge is 2.21. The van der Waals surface area contributed by atoms with Crippen LogP contribution in [0.3, 0.4) is 0 Å². The van der Waals surface area contributed by atoms with E-state index in [1.807, 2.05) is 6.92 Å². The van der Waals surface area contributed by atoms with Crippen LogP contribution in [0.25, 0.3) is 28.0 Å². The second-order valence-electron chi connectivity index (χ2n) is 10.7. The number of H-pyrrole nitrogens is 1. The number of hydrogen-bond acceptors (Lipinski definition) is 11. The fourth-order valence-corrected chi connectivity index (χ4v) is 4.87. The molecule has 51 heavy (non-hydrogen) atoms. The SMILES string of the molecule is CC(C)=O.CCS(=O)(=O)O.Cc1ccc(C(=O)Nc2nccs2)cc1-c1nc(NCc2ncc[nH]2)nc2c1ccc(=O)n2-c1c(F)cccc1F. The van der Waals surface area contributed by atoms with E-state index in [1.165, 1.54) is 50.3 Å². The van der Waals surface area contributed by atoms with Crippen LogP contribution >= 0.6 is 11.3 Å². The molecular weight excluding hydrogens is 707 g/mol. The molecule has 4 N–H and O–H groups in total. The van der Waals surface area contributed by atoms with Crippen molar-refractivity contribution in [2.75, 3.05) is 16.4 Å². The van der Waals surface area contributed by atoms with Gasteiger partial charge in [0.15, 0.2) is 10.8 Å². The summed E-state index contributed by atoms with van der Waals surface area (Å²) in [7, 11) is -3.66. The number of thiazole rings is 1. The average Bonchev–Trinajstić information content (AvgIpc) is 3.79. The molecule has 6 rings (SSSR count). The molecule has 0 unspecified atom stereocenters. The van der Waals surface area contributed by atoms with Crippen LogP contribution in [0, 0.1) is 18.6 Å². The third-order valence-electron chi connectivity index (χ3n) is 6.65. The Morgan fingerprint density at radius 1 is 1.02 bits per heavy atom. The number of carbonyl (C=O) groups is 2. The van der Waals surface area contributed by atoms with Gasteiger partial charge in [-0.15, -0.1) is 11.3 Å². The van der Waals surface area contributed by atoms with Gasteiger partial charge in [-0.1, -0.05) is 12.1 Å². The fraction of sp³-hybridized carbons (Fsp3) is 0.182. The highest BCUT2D eigenvalue weighted by atomic mass is 32.2. The summed E-state index contributed by atoms with van der Waals surface area (Å²) in [6.07, 6.45) is 4.84. The quantitative estimate of drug-likeness (QED) is 0.142. The number of aromatic nitrogens is 6. The number of benzene rings is 2. The van der Waals surface area contributed by atoms with Crippen molar-refractivity contribution < 1.29 is 31.3 Å². The van der Waals surface area contributed by atoms with E-state index in [1.54, 1.807) is 42.2 Å². The molecule has 0 aliphatic rings. The third kappa shape index (κ3) is 10.2. The van der Waals surface area contributed by atoms with E-state index in [0.717, 1.165) is 22.3 Å². The molecule has 6 aromatic rings. The molecule has 266 valence electrons. The number of aryl methyl sites for hydroxylation is 1. The molecule has 0 bridgehead atoms. The summed E-state index contributed by atoms with van der Waals surface area (Å²) in [5.74, 6) is -1.59. The Hall–Kier alpha value is -5.72. The van der Waals surface area contributed by atoms with Gasteiger partial charge >= 0.3 is 0 Å². The molecule has 14 nitrogen and oxygen atoms in total. The summed E-state index contributed by atoms with van der Waals surface area (Å²) in [5.41, 5.74) is 0.752. The largest absolute Gasteiger partial charge is 0.347 e. The number of fused-ring (bicyclic) bond motifs is 1. The number of pyridine rings is 1. The minimum absolute atomic E-state index is 0.0227. The van der Waals surface area contributed by atoms with Gasteiger partial charge in [-0.3, -0.25) is 24.0 Å². The van der Waals surface area contributed by atoms with Gasteiger partial charge in [-0.2, -0.15) is 13.4 Å². The Morgan fingerprint density at radius 2 is 1.71 bits per heavy atom. The minimum Gasteiger partial charge on any atom is -0.347 e. The van der Waals surface area contributed by atoms with Crippen LogP contribution < -0.4 is 16.2 Å². The van der Waals surface area contributed by atoms with Crippen LogP contribution in [0.2, 0.25) is 0 Å². The zero-order valence-electron chi connectivity index (χ0n) is 27.6. The normalized spacial score (nSPS) is 10.8. The van der Waals surface area contributed by atoms with E-state index in [4.69, 9.17) is 9.54 Å². The number of halogens is 2. The van der Waals surface area contributed by atoms with Crippen molar-refractivity contribution in [3.63, 3.8) is 0 Å². The first kappa shape index (κ1) is 38.1. The lowest BCUT2D eigenvalue weighted by atomic mass is 9.99. The van der Waals surface area contributed by atoms with Gasteiger partial charge in [0.2, 0.25) is 5.95 Å². The molecule has 0 aliphatic heterocycles. The number of amides is 1. The Morgan fingerprint density at radius 3 is 2.29 bits per heavy atom. The maximum Gasteiger partial charge on any atom is 0.264 e. The van der Waals surface area contributed by atoms with E-state index >= 15 is 0 Å². The number of nitrogens with one attached hydrogen (secondary N) is 3. The van der Waals surface area contributed by atoms with E-state index in [2.05, 4.69) is 30.6 Å². The summed E-state index contributed by atoms with van der Waals surface area (Å²) in [4.78, 5) is 56.0. The number of imidazole rings is 1. The average molecular weight is 739 g/mol. The standard InChI is InChI=1S/C28H20F2N8O2S.C3H6O.C2H6O3S/c1-15-5-6-16(26(40)37-28-33-11-12-41-28)13-18(15)23-17-7-8-22(39)38(24-19(29)3-2-4-20(24)30)25(17)36-27(35-23)34-14-21-31-9-10-32-21;1-3(2)4;1-2-6(3,4)5/h2-13H,14H2,1H3,(H,31,32)(H,33,37,40)(H,34,35,36);1-2H3;2H2,1H3,(H,3,4,5). The number of Topliss-reactive ketones (excluding diaryl/α,β-unsaturated/α-hetero) is 1. The Balaban J connectivity index is 0.000000516. The van der Waals surface area contributed by atoms with Gasteiger partial charge < -0.3 is 15.1 Å². The van der Waals surface area contributed by atoms with E-state index in [0.29, 0.717) is 33.2 Å². The molecule has 0 saturated carbocycles. The first-order chi connectivity index (χ1) is 24.2. The minimum atomic E-state index is -3.66. The predicted octanol–water partition coefficient (Wildman–Crippen LogP) is 5.57. The summed E-state index contributed by atoms with van der Waals surface area (Å²) in [6.45, 7) is 6.47. The number of ketones is 1. The number of carbonyl (C=O) groups excluding carboxylic acids is 2. The number of aromatic amines is 1. The van der Waals surface area contributed by atoms with Gasteiger partial charge in [-0.25, -0.2) is 23.7 Å². The van der Waals surface area contributed by atoms with Crippen LogP contribution in [0.4, 0.5) is 19.9 Å². The van der Waals surface area contributed by atoms with Gasteiger partial charge in [0.05, 0.1) is 18.0 Å². The lowest BCUT2D eigenvalue weighted by Crippen LogP contribution is -2.21. The maximum absolute atomic E-state index is 14.9. The maximum atomic E-state index is 14.9. The number of rotatable bonds is 8. The molecule has 0 spiro atoms. The molecule has 0 fully saturated rings. The fourth-order valence-electron chi connectivity index (χ4n) is 4.35. The summed E-state index contributed by atoms with van der Waals surface area (Å²) < 4.78 is 57.7. The lowest BCUT2D eigenvalue weighted by Gasteiger charge is -2.16. The van der Waals surface area contributed by atoms with Crippen LogP contribution in [0.15, 0.2) is 77.3 Å². The predicted molar refractivity (Wildman–Crippen MR) is 190 cm³/mol. The molecule has 0 aliphatic carbocycles. The van der Waals surface area contributed by atoms with Gasteiger partial charge in [-0.05, 0) is 63.6 Å². The second kappa shape index (κ2) is 16.8. The zero-order valence-corrected chi connectivity index (χ0v) is 29.3. The van der Waals surface area contributed by atoms with Gasteiger partial charge in [0.1, 0.15) is 28.9 Å². The highest BCUT2D eigenvalue weighted by Crippen LogP contribution is 2.32.